The fourth-order valence-corrected chi connectivity index (χ4v) is 1.88. The van der Waals surface area contributed by atoms with Crippen LogP contribution in [-0.2, 0) is 11.2 Å². The number of carbonyl (C=O) groups excluding carboxylic acids is 1. The maximum Gasteiger partial charge on any atom is 0.220 e. The number of benzene rings is 1. The summed E-state index contributed by atoms with van der Waals surface area (Å²) in [5.74, 6) is -0.348. The van der Waals surface area contributed by atoms with E-state index in [0.717, 1.165) is 11.1 Å². The molecule has 112 valence electrons. The Kier molecular flexibility index (Phi) is 6.42. The van der Waals surface area contributed by atoms with E-state index < -0.39 is 25.4 Å². The quantitative estimate of drug-likeness (QED) is 0.587. The second kappa shape index (κ2) is 7.59. The zero-order valence-corrected chi connectivity index (χ0v) is 12.2. The Balaban J connectivity index is 2.56. The summed E-state index contributed by atoms with van der Waals surface area (Å²) < 4.78 is 0. The molecular weight excluding hydrogens is 282 g/mol. The van der Waals surface area contributed by atoms with Gasteiger partial charge in [0.05, 0.1) is 19.8 Å². The van der Waals surface area contributed by atoms with E-state index >= 15 is 0 Å². The largest absolute Gasteiger partial charge is 0.394 e. The predicted molar refractivity (Wildman–Crippen MR) is 76.6 cm³/mol. The monoisotopic (exact) mass is 301 g/mol. The van der Waals surface area contributed by atoms with E-state index in [1.54, 1.807) is 0 Å². The van der Waals surface area contributed by atoms with Gasteiger partial charge in [0.25, 0.3) is 0 Å². The van der Waals surface area contributed by atoms with E-state index in [0.29, 0.717) is 11.4 Å². The molecule has 5 nitrogen and oxygen atoms in total. The third-order valence-corrected chi connectivity index (χ3v) is 3.60. The minimum absolute atomic E-state index is 0.182. The van der Waals surface area contributed by atoms with Gasteiger partial charge in [0, 0.05) is 11.4 Å². The van der Waals surface area contributed by atoms with Crippen molar-refractivity contribution in [3.63, 3.8) is 0 Å². The van der Waals surface area contributed by atoms with Crippen molar-refractivity contribution in [2.45, 2.75) is 25.3 Å². The van der Waals surface area contributed by atoms with Gasteiger partial charge in [-0.1, -0.05) is 23.7 Å². The van der Waals surface area contributed by atoms with Crippen LogP contribution in [0.15, 0.2) is 18.2 Å². The molecule has 0 heterocycles. The van der Waals surface area contributed by atoms with E-state index in [1.807, 2.05) is 25.1 Å². The molecular formula is C14H20ClNO4. The van der Waals surface area contributed by atoms with Crippen LogP contribution in [0.2, 0.25) is 5.02 Å². The lowest BCUT2D eigenvalue weighted by molar-refractivity contribution is -0.125. The Morgan fingerprint density at radius 2 is 1.85 bits per heavy atom. The van der Waals surface area contributed by atoms with Crippen molar-refractivity contribution in [1.29, 1.82) is 0 Å². The summed E-state index contributed by atoms with van der Waals surface area (Å²) in [7, 11) is 0. The van der Waals surface area contributed by atoms with Gasteiger partial charge in [0.15, 0.2) is 0 Å². The Labute approximate surface area is 123 Å². The van der Waals surface area contributed by atoms with Gasteiger partial charge in [0.2, 0.25) is 5.91 Å². The van der Waals surface area contributed by atoms with Crippen molar-refractivity contribution in [3.8, 4) is 0 Å². The highest BCUT2D eigenvalue weighted by Gasteiger charge is 2.29. The van der Waals surface area contributed by atoms with Crippen LogP contribution in [0.1, 0.15) is 17.5 Å². The molecule has 0 spiro atoms. The van der Waals surface area contributed by atoms with E-state index in [1.165, 1.54) is 0 Å². The van der Waals surface area contributed by atoms with Crippen LogP contribution in [-0.4, -0.2) is 46.6 Å². The first-order chi connectivity index (χ1) is 9.46. The number of hydrogen-bond acceptors (Lipinski definition) is 4. The molecule has 1 rings (SSSR count). The Morgan fingerprint density at radius 3 is 2.35 bits per heavy atom. The molecule has 0 atom stereocenters. The number of nitrogens with one attached hydrogen (secondary N) is 1. The summed E-state index contributed by atoms with van der Waals surface area (Å²) >= 11 is 6.00. The Morgan fingerprint density at radius 1 is 1.25 bits per heavy atom. The summed E-state index contributed by atoms with van der Waals surface area (Å²) in [4.78, 5) is 11.8. The third-order valence-electron chi connectivity index (χ3n) is 3.19. The zero-order chi connectivity index (χ0) is 15.2. The number of aryl methyl sites for hydroxylation is 2. The van der Waals surface area contributed by atoms with Gasteiger partial charge < -0.3 is 20.6 Å². The molecule has 0 aliphatic carbocycles. The van der Waals surface area contributed by atoms with Gasteiger partial charge in [0.1, 0.15) is 5.54 Å². The molecule has 20 heavy (non-hydrogen) atoms. The number of amides is 1. The number of aliphatic hydroxyl groups is 3. The number of halogens is 1. The fraction of sp³-hybridized carbons (Fsp3) is 0.500. The average Bonchev–Trinajstić information content (AvgIpc) is 2.46. The minimum Gasteiger partial charge on any atom is -0.394 e. The van der Waals surface area contributed by atoms with Gasteiger partial charge in [-0.25, -0.2) is 0 Å². The molecule has 6 heteroatoms. The fourth-order valence-electron chi connectivity index (χ4n) is 1.68. The van der Waals surface area contributed by atoms with Gasteiger partial charge in [-0.15, -0.1) is 0 Å². The molecule has 1 aromatic carbocycles. The molecule has 1 aromatic rings. The van der Waals surface area contributed by atoms with E-state index in [4.69, 9.17) is 26.9 Å². The first-order valence-corrected chi connectivity index (χ1v) is 6.73. The van der Waals surface area contributed by atoms with E-state index in [2.05, 4.69) is 5.32 Å². The zero-order valence-electron chi connectivity index (χ0n) is 11.4. The third kappa shape index (κ3) is 4.45. The predicted octanol–water partition coefficient (Wildman–Crippen LogP) is 0.413. The molecule has 0 fully saturated rings. The van der Waals surface area contributed by atoms with E-state index in [-0.39, 0.29) is 12.3 Å². The van der Waals surface area contributed by atoms with E-state index in [9.17, 15) is 4.79 Å². The van der Waals surface area contributed by atoms with Crippen LogP contribution in [0.5, 0.6) is 0 Å². The molecule has 0 radical (unpaired) electrons. The van der Waals surface area contributed by atoms with Crippen molar-refractivity contribution in [1.82, 2.24) is 5.32 Å². The molecule has 0 aliphatic rings. The van der Waals surface area contributed by atoms with Gasteiger partial charge >= 0.3 is 0 Å². The number of rotatable bonds is 7. The number of hydrogen-bond donors (Lipinski definition) is 4. The summed E-state index contributed by atoms with van der Waals surface area (Å²) in [6.45, 7) is 0.323. The summed E-state index contributed by atoms with van der Waals surface area (Å²) in [6, 6.07) is 5.59. The van der Waals surface area contributed by atoms with Crippen molar-refractivity contribution in [2.24, 2.45) is 0 Å². The van der Waals surface area contributed by atoms with Crippen molar-refractivity contribution in [2.75, 3.05) is 19.8 Å². The first-order valence-electron chi connectivity index (χ1n) is 6.35. The van der Waals surface area contributed by atoms with Crippen LogP contribution in [0.3, 0.4) is 0 Å². The summed E-state index contributed by atoms with van der Waals surface area (Å²) in [5, 5.41) is 30.5. The molecule has 0 bridgehead atoms. The lowest BCUT2D eigenvalue weighted by Gasteiger charge is -2.28. The van der Waals surface area contributed by atoms with Crippen LogP contribution in [0, 0.1) is 6.92 Å². The highest BCUT2D eigenvalue weighted by atomic mass is 35.5. The molecule has 0 saturated carbocycles. The van der Waals surface area contributed by atoms with Crippen molar-refractivity contribution >= 4 is 17.5 Å². The van der Waals surface area contributed by atoms with Gasteiger partial charge in [-0.05, 0) is 30.5 Å². The number of carbonyl (C=O) groups is 1. The SMILES string of the molecule is Cc1ccc(CCC(=O)NC(CO)(CO)CO)cc1Cl. The molecule has 4 N–H and O–H groups in total. The Bertz CT molecular complexity index is 452. The van der Waals surface area contributed by atoms with Crippen LogP contribution >= 0.6 is 11.6 Å². The van der Waals surface area contributed by atoms with Crippen molar-refractivity contribution < 1.29 is 20.1 Å². The molecule has 0 saturated heterocycles. The summed E-state index contributed by atoms with van der Waals surface area (Å²) in [6.07, 6.45) is 0.672. The highest BCUT2D eigenvalue weighted by Crippen LogP contribution is 2.17. The normalized spacial score (nSPS) is 11.4. The van der Waals surface area contributed by atoms with Crippen LogP contribution in [0.25, 0.3) is 0 Å². The minimum atomic E-state index is -1.37. The lowest BCUT2D eigenvalue weighted by atomic mass is 10.0. The molecule has 0 unspecified atom stereocenters. The lowest BCUT2D eigenvalue weighted by Crippen LogP contribution is -2.57. The van der Waals surface area contributed by atoms with Crippen LogP contribution < -0.4 is 5.32 Å². The van der Waals surface area contributed by atoms with Gasteiger partial charge in [-0.2, -0.15) is 0 Å². The van der Waals surface area contributed by atoms with Gasteiger partial charge in [-0.3, -0.25) is 4.79 Å². The summed E-state index contributed by atoms with van der Waals surface area (Å²) in [5.41, 5.74) is 0.528. The highest BCUT2D eigenvalue weighted by molar-refractivity contribution is 6.31. The maximum atomic E-state index is 11.8. The average molecular weight is 302 g/mol. The molecule has 0 aromatic heterocycles. The van der Waals surface area contributed by atoms with Crippen molar-refractivity contribution in [3.05, 3.63) is 34.3 Å². The molecule has 1 amide bonds. The van der Waals surface area contributed by atoms with Crippen LogP contribution in [0.4, 0.5) is 0 Å². The second-order valence-corrected chi connectivity index (χ2v) is 5.29. The smallest absolute Gasteiger partial charge is 0.220 e. The molecule has 0 aliphatic heterocycles. The second-order valence-electron chi connectivity index (χ2n) is 4.89. The topological polar surface area (TPSA) is 89.8 Å². The number of aliphatic hydroxyl groups excluding tert-OH is 3. The Hall–Kier alpha value is -1.14. The standard InChI is InChI=1S/C14H20ClNO4/c1-10-2-3-11(6-12(10)15)4-5-13(20)16-14(7-17,8-18)9-19/h2-3,6,17-19H,4-5,7-9H2,1H3,(H,16,20). The first kappa shape index (κ1) is 16.9. The maximum absolute atomic E-state index is 11.8.